The first-order valence-electron chi connectivity index (χ1n) is 32.2. The molecule has 0 saturated heterocycles. The number of benzene rings is 9. The van der Waals surface area contributed by atoms with E-state index in [0.717, 1.165) is 0 Å². The van der Waals surface area contributed by atoms with E-state index in [0.29, 0.717) is 32.9 Å². The third-order valence-corrected chi connectivity index (χ3v) is 11.9. The molecule has 0 aliphatic carbocycles. The fourth-order valence-electron chi connectivity index (χ4n) is 9.17. The van der Waals surface area contributed by atoms with Crippen LogP contribution in [0.2, 0.25) is 0 Å². The molecule has 0 unspecified atom stereocenters. The Morgan fingerprint density at radius 1 is 0.606 bits per heavy atom. The summed E-state index contributed by atoms with van der Waals surface area (Å²) in [5, 5.41) is 0.592. The standard InChI is InChI=1S/C64H45N5O.Pt/c1-43(2)37-44-35-36-65-62(38-44)69-57-32-14-11-27-54(57)63-60(68-55-30-12-9-25-52(55)53-26-10-13-31-56(53)68)40-49(41-61(63)69)70-48-24-17-23-47(39-48)66-42-67(59-34-16-15-33-58(59)66)64-50(45-19-5-3-6-20-45)28-18-29-51(64)46-21-7-4-8-22-46;/h3-36,38,40,43H,37H2,1-2H3;/q-2;/i3D,4D,5D,6D,7D,8D,9D,10D,12D,13D,19D,20D,21D,22D,25D,26D,30D,31D,37D2;. The van der Waals surface area contributed by atoms with E-state index < -0.39 is 121 Å². The summed E-state index contributed by atoms with van der Waals surface area (Å²) in [5.74, 6) is -0.203. The van der Waals surface area contributed by atoms with Gasteiger partial charge in [0.05, 0.1) is 52.4 Å². The Morgan fingerprint density at radius 2 is 1.24 bits per heavy atom. The van der Waals surface area contributed by atoms with Crippen molar-refractivity contribution in [3.63, 3.8) is 0 Å². The van der Waals surface area contributed by atoms with Gasteiger partial charge in [-0.3, -0.25) is 4.57 Å². The Bertz CT molecular complexity index is 5090. The van der Waals surface area contributed by atoms with Gasteiger partial charge < -0.3 is 18.4 Å². The summed E-state index contributed by atoms with van der Waals surface area (Å²) in [6.07, 6.45) is 3.01. The Labute approximate surface area is 454 Å². The van der Waals surface area contributed by atoms with E-state index in [-0.39, 0.29) is 105 Å². The number of ether oxygens (including phenoxy) is 1. The fourth-order valence-corrected chi connectivity index (χ4v) is 9.17. The van der Waals surface area contributed by atoms with E-state index >= 15 is 0 Å². The molecule has 0 bridgehead atoms. The summed E-state index contributed by atoms with van der Waals surface area (Å²) in [7, 11) is 0. The van der Waals surface area contributed by atoms with Crippen LogP contribution in [0.1, 0.15) is 46.8 Å². The Balaban J connectivity index is 0.00000800. The first kappa shape index (κ1) is 27.2. The van der Waals surface area contributed by atoms with Gasteiger partial charge in [0.1, 0.15) is 5.82 Å². The van der Waals surface area contributed by atoms with Gasteiger partial charge in [-0.2, -0.15) is 12.1 Å². The minimum Gasteiger partial charge on any atom is -0.510 e. The first-order chi connectivity index (χ1) is 42.8. The van der Waals surface area contributed by atoms with E-state index in [1.807, 2.05) is 0 Å². The molecule has 0 saturated carbocycles. The zero-order valence-electron chi connectivity index (χ0n) is 57.4. The number of pyridine rings is 1. The molecule has 0 atom stereocenters. The molecule has 0 radical (unpaired) electrons. The Kier molecular flexibility index (Phi) is 6.97. The maximum atomic E-state index is 9.47. The molecule has 71 heavy (non-hydrogen) atoms. The summed E-state index contributed by atoms with van der Waals surface area (Å²) in [5.41, 5.74) is 1.67. The van der Waals surface area contributed by atoms with Gasteiger partial charge >= 0.3 is 0 Å². The van der Waals surface area contributed by atoms with Crippen molar-refractivity contribution in [2.75, 3.05) is 0 Å². The Morgan fingerprint density at radius 3 is 1.94 bits per heavy atom. The van der Waals surface area contributed by atoms with Crippen LogP contribution in [0, 0.1) is 24.4 Å². The maximum absolute atomic E-state index is 9.47. The molecule has 344 valence electrons. The molecule has 13 aromatic rings. The smallest absolute Gasteiger partial charge is 0.268 e. The van der Waals surface area contributed by atoms with Gasteiger partial charge in [0.15, 0.2) is 0 Å². The van der Waals surface area contributed by atoms with Crippen LogP contribution < -0.4 is 9.30 Å². The summed E-state index contributed by atoms with van der Waals surface area (Å²) >= 11 is 0. The largest absolute Gasteiger partial charge is 0.510 e. The van der Waals surface area contributed by atoms with Crippen molar-refractivity contribution in [2.45, 2.75) is 20.2 Å². The predicted molar refractivity (Wildman–Crippen MR) is 284 cm³/mol. The SMILES string of the molecule is [2H]c1c([2H])c([2H])c(-c2cccc(-c3c([2H])c([2H])c([2H])c([2H])c3[2H])c2-[n+]2[c-]n(-c3[c-]c(Oc4[c-]c5c(c(-n6c7c([2H])c([2H])c([2H])c([2H])c7c7c([2H])c([2H])c([2H])c([2H])c76)c4)c4ccccc4n5-c4cc(C([2H])([2H])C(C)C)ccn4)ccc3)c3ccccc32)c([2H])c1[2H].[Pt]. The quantitative estimate of drug-likeness (QED) is 0.101. The van der Waals surface area contributed by atoms with Gasteiger partial charge in [-0.1, -0.05) is 182 Å². The van der Waals surface area contributed by atoms with Crippen LogP contribution in [0.3, 0.4) is 0 Å². The van der Waals surface area contributed by atoms with Crippen LogP contribution in [0.15, 0.2) is 218 Å². The third-order valence-electron chi connectivity index (χ3n) is 11.9. The molecule has 7 heteroatoms. The van der Waals surface area contributed by atoms with Crippen LogP contribution in [0.25, 0.3) is 99.8 Å². The second-order valence-corrected chi connectivity index (χ2v) is 16.5. The molecule has 0 N–H and O–H groups in total. The second kappa shape index (κ2) is 18.2. The molecule has 4 aromatic heterocycles. The number of nitrogens with zero attached hydrogens (tertiary/aromatic N) is 5. The molecule has 0 amide bonds. The Hall–Kier alpha value is -8.31. The van der Waals surface area contributed by atoms with Crippen LogP contribution in [0.5, 0.6) is 11.5 Å². The van der Waals surface area contributed by atoms with Gasteiger partial charge in [-0.05, 0) is 87.2 Å². The summed E-state index contributed by atoms with van der Waals surface area (Å²) in [4.78, 5) is 4.76. The molecular weight excluding hydrogens is 1050 g/mol. The van der Waals surface area contributed by atoms with Crippen molar-refractivity contribution in [3.8, 4) is 56.6 Å². The zero-order chi connectivity index (χ0) is 64.2. The van der Waals surface area contributed by atoms with Crippen molar-refractivity contribution in [1.82, 2.24) is 18.7 Å². The topological polar surface area (TPSA) is 40.8 Å². The van der Waals surface area contributed by atoms with Crippen LogP contribution in [-0.4, -0.2) is 18.7 Å². The summed E-state index contributed by atoms with van der Waals surface area (Å²) in [6, 6.07) is 24.3. The van der Waals surface area contributed by atoms with Gasteiger partial charge in [0.25, 0.3) is 6.33 Å². The molecule has 0 spiro atoms. The molecule has 13 rings (SSSR count). The van der Waals surface area contributed by atoms with Crippen molar-refractivity contribution in [3.05, 3.63) is 242 Å². The van der Waals surface area contributed by atoms with Crippen LogP contribution in [-0.2, 0) is 27.4 Å². The van der Waals surface area contributed by atoms with E-state index in [1.165, 1.54) is 39.6 Å². The minimum atomic E-state index is -1.82. The summed E-state index contributed by atoms with van der Waals surface area (Å²) < 4.78 is 192. The van der Waals surface area contributed by atoms with Crippen molar-refractivity contribution in [2.24, 2.45) is 5.92 Å². The number of aromatic nitrogens is 5. The number of hydrogen-bond acceptors (Lipinski definition) is 2. The van der Waals surface area contributed by atoms with Gasteiger partial charge in [0.2, 0.25) is 0 Å². The van der Waals surface area contributed by atoms with Crippen molar-refractivity contribution in [1.29, 1.82) is 0 Å². The van der Waals surface area contributed by atoms with Gasteiger partial charge in [0, 0.05) is 57.8 Å². The average Bonchev–Trinajstić information content (AvgIpc) is 1.55. The molecule has 0 fully saturated rings. The molecule has 0 aliphatic heterocycles. The van der Waals surface area contributed by atoms with E-state index in [9.17, 15) is 5.48 Å². The minimum absolute atomic E-state index is 0. The van der Waals surface area contributed by atoms with E-state index in [2.05, 4.69) is 18.5 Å². The second-order valence-electron chi connectivity index (χ2n) is 16.5. The normalized spacial score (nSPS) is 15.8. The van der Waals surface area contributed by atoms with Crippen molar-refractivity contribution < 1.29 is 57.8 Å². The van der Waals surface area contributed by atoms with Gasteiger partial charge in [-0.15, -0.1) is 24.3 Å². The fraction of sp³-hybridized carbons (Fsp3) is 0.0625. The third kappa shape index (κ3) is 7.63. The number of para-hydroxylation sites is 6. The zero-order valence-corrected chi connectivity index (χ0v) is 39.7. The number of fused-ring (bicyclic) bond motifs is 7. The molecule has 6 nitrogen and oxygen atoms in total. The van der Waals surface area contributed by atoms with E-state index in [4.69, 9.17) is 31.7 Å². The monoisotopic (exact) mass is 1110 g/mol. The van der Waals surface area contributed by atoms with E-state index in [1.54, 1.807) is 102 Å². The average molecular weight is 1120 g/mol. The molecule has 9 aromatic carbocycles. The molecule has 0 aliphatic rings. The number of hydrogen-bond donors (Lipinski definition) is 0. The number of imidazole rings is 1. The predicted octanol–water partition coefficient (Wildman–Crippen LogP) is 15.2. The molecule has 4 heterocycles. The van der Waals surface area contributed by atoms with Crippen LogP contribution >= 0.6 is 0 Å². The maximum Gasteiger partial charge on any atom is 0.268 e. The summed E-state index contributed by atoms with van der Waals surface area (Å²) in [6.45, 7) is 3.52. The van der Waals surface area contributed by atoms with Gasteiger partial charge in [-0.25, -0.2) is 4.98 Å². The first-order valence-corrected chi connectivity index (χ1v) is 22.2. The molecular formula is C64H45N5OPt-2. The van der Waals surface area contributed by atoms with Crippen LogP contribution in [0.4, 0.5) is 0 Å². The van der Waals surface area contributed by atoms with Crippen molar-refractivity contribution >= 4 is 54.6 Å². The number of rotatable bonds is 10.